The van der Waals surface area contributed by atoms with Crippen molar-refractivity contribution in [2.45, 2.75) is 82.5 Å². The molecule has 6 rings (SSSR count). The lowest BCUT2D eigenvalue weighted by Gasteiger charge is -2.41. The molecule has 4 fully saturated rings. The number of anilines is 1. The van der Waals surface area contributed by atoms with Gasteiger partial charge in [-0.1, -0.05) is 0 Å². The molecule has 0 radical (unpaired) electrons. The van der Waals surface area contributed by atoms with E-state index in [9.17, 15) is 4.79 Å². The Morgan fingerprint density at radius 2 is 1.79 bits per heavy atom. The van der Waals surface area contributed by atoms with Crippen LogP contribution < -0.4 is 14.4 Å². The average Bonchev–Trinajstić information content (AvgIpc) is 3.51. The van der Waals surface area contributed by atoms with Crippen LogP contribution >= 0.6 is 15.9 Å². The molecule has 6 heterocycles. The highest BCUT2D eigenvalue weighted by atomic mass is 79.9. The van der Waals surface area contributed by atoms with Crippen molar-refractivity contribution in [2.75, 3.05) is 44.8 Å². The van der Waals surface area contributed by atoms with Gasteiger partial charge in [0.15, 0.2) is 5.82 Å². The van der Waals surface area contributed by atoms with Crippen LogP contribution in [0.25, 0.3) is 11.0 Å². The average molecular weight is 590 g/mol. The van der Waals surface area contributed by atoms with E-state index in [2.05, 4.69) is 25.7 Å². The van der Waals surface area contributed by atoms with Gasteiger partial charge in [-0.05, 0) is 94.4 Å². The van der Waals surface area contributed by atoms with E-state index in [-0.39, 0.29) is 23.7 Å². The monoisotopic (exact) mass is 588 g/mol. The topological polar surface area (TPSA) is 93.2 Å². The predicted octanol–water partition coefficient (Wildman–Crippen LogP) is 4.39. The molecule has 2 aromatic rings. The molecule has 0 N–H and O–H groups in total. The Morgan fingerprint density at radius 1 is 1.11 bits per heavy atom. The first-order valence-electron chi connectivity index (χ1n) is 13.7. The summed E-state index contributed by atoms with van der Waals surface area (Å²) in [5.74, 6) is 1.21. The Kier molecular flexibility index (Phi) is 6.57. The first-order valence-corrected chi connectivity index (χ1v) is 14.5. The molecule has 0 spiro atoms. The van der Waals surface area contributed by atoms with Gasteiger partial charge in [0, 0.05) is 13.1 Å². The molecule has 4 saturated heterocycles. The SMILES string of the molecule is COc1nc2c(N3CC4CCC(C3)N4C(=O)OC(C)(C)C)nc(OCC34CCCN3CCC4)nc2cc1Br. The molecule has 10 nitrogen and oxygen atoms in total. The van der Waals surface area contributed by atoms with E-state index >= 15 is 0 Å². The minimum atomic E-state index is -0.523. The Labute approximate surface area is 232 Å². The third kappa shape index (κ3) is 4.65. The number of ether oxygens (including phenoxy) is 3. The van der Waals surface area contributed by atoms with E-state index in [1.165, 1.54) is 12.8 Å². The Morgan fingerprint density at radius 3 is 2.42 bits per heavy atom. The highest BCUT2D eigenvalue weighted by Gasteiger charge is 2.46. The summed E-state index contributed by atoms with van der Waals surface area (Å²) in [5, 5.41) is 0. The third-order valence-electron chi connectivity index (χ3n) is 8.41. The molecule has 2 unspecified atom stereocenters. The highest BCUT2D eigenvalue weighted by Crippen LogP contribution is 2.40. The van der Waals surface area contributed by atoms with Crippen molar-refractivity contribution < 1.29 is 19.0 Å². The predicted molar refractivity (Wildman–Crippen MR) is 147 cm³/mol. The van der Waals surface area contributed by atoms with Gasteiger partial charge in [0.05, 0.1) is 34.7 Å². The summed E-state index contributed by atoms with van der Waals surface area (Å²) in [6, 6.07) is 2.40. The number of hydrogen-bond donors (Lipinski definition) is 0. The highest BCUT2D eigenvalue weighted by molar-refractivity contribution is 9.10. The smallest absolute Gasteiger partial charge is 0.410 e. The number of fused-ring (bicyclic) bond motifs is 4. The molecule has 2 bridgehead atoms. The van der Waals surface area contributed by atoms with Crippen LogP contribution in [0.4, 0.5) is 10.6 Å². The van der Waals surface area contributed by atoms with Crippen LogP contribution in [0.2, 0.25) is 0 Å². The maximum absolute atomic E-state index is 13.0. The number of aromatic nitrogens is 3. The number of methoxy groups -OCH3 is 1. The second-order valence-corrected chi connectivity index (χ2v) is 12.9. The third-order valence-corrected chi connectivity index (χ3v) is 8.98. The number of carbonyl (C=O) groups excluding carboxylic acids is 1. The van der Waals surface area contributed by atoms with Crippen LogP contribution in [0, 0.1) is 0 Å². The largest absolute Gasteiger partial charge is 0.480 e. The molecule has 1 amide bonds. The van der Waals surface area contributed by atoms with E-state index < -0.39 is 5.60 Å². The molecule has 0 aromatic carbocycles. The minimum absolute atomic E-state index is 0.0553. The van der Waals surface area contributed by atoms with Crippen LogP contribution in [0.1, 0.15) is 59.3 Å². The second-order valence-electron chi connectivity index (χ2n) is 12.1. The van der Waals surface area contributed by atoms with Gasteiger partial charge in [-0.2, -0.15) is 9.97 Å². The van der Waals surface area contributed by atoms with Crippen LogP contribution in [0.15, 0.2) is 10.5 Å². The summed E-state index contributed by atoms with van der Waals surface area (Å²) in [5.41, 5.74) is 0.954. The number of piperazine rings is 1. The number of carbonyl (C=O) groups is 1. The minimum Gasteiger partial charge on any atom is -0.480 e. The Balaban J connectivity index is 1.31. The van der Waals surface area contributed by atoms with Crippen molar-refractivity contribution in [3.05, 3.63) is 10.5 Å². The second kappa shape index (κ2) is 9.66. The van der Waals surface area contributed by atoms with Crippen molar-refractivity contribution in [1.29, 1.82) is 0 Å². The zero-order valence-corrected chi connectivity index (χ0v) is 24.3. The fourth-order valence-corrected chi connectivity index (χ4v) is 7.23. The van der Waals surface area contributed by atoms with Gasteiger partial charge >= 0.3 is 12.1 Å². The van der Waals surface area contributed by atoms with Crippen molar-refractivity contribution in [2.24, 2.45) is 0 Å². The number of rotatable bonds is 5. The van der Waals surface area contributed by atoms with Crippen molar-refractivity contribution in [3.63, 3.8) is 0 Å². The maximum Gasteiger partial charge on any atom is 0.410 e. The number of nitrogens with zero attached hydrogens (tertiary/aromatic N) is 6. The lowest BCUT2D eigenvalue weighted by atomic mass is 9.95. The summed E-state index contributed by atoms with van der Waals surface area (Å²) in [6.45, 7) is 9.92. The van der Waals surface area contributed by atoms with Crippen molar-refractivity contribution >= 4 is 38.9 Å². The lowest BCUT2D eigenvalue weighted by molar-refractivity contribution is 0.0122. The molecule has 4 aliphatic heterocycles. The number of pyridine rings is 1. The maximum atomic E-state index is 13.0. The van der Waals surface area contributed by atoms with Gasteiger partial charge in [-0.3, -0.25) is 9.80 Å². The fraction of sp³-hybridized carbons (Fsp3) is 0.704. The van der Waals surface area contributed by atoms with E-state index in [1.54, 1.807) is 7.11 Å². The molecule has 0 aliphatic carbocycles. The van der Waals surface area contributed by atoms with Gasteiger partial charge in [-0.15, -0.1) is 0 Å². The molecular formula is C27H37BrN6O4. The standard InChI is InChI=1S/C27H37BrN6O4/c1-26(2,3)38-25(35)34-17-7-8-18(34)15-32(14-17)22-21-20(13-19(28)23(30-21)36-4)29-24(31-22)37-16-27-9-5-11-33(27)12-6-10-27/h13,17-18H,5-12,14-16H2,1-4H3. The lowest BCUT2D eigenvalue weighted by Crippen LogP contribution is -2.57. The number of halogens is 1. The zero-order valence-electron chi connectivity index (χ0n) is 22.7. The fourth-order valence-electron chi connectivity index (χ4n) is 6.76. The Hall–Kier alpha value is -2.40. The van der Waals surface area contributed by atoms with Gasteiger partial charge in [0.1, 0.15) is 17.7 Å². The number of hydrogen-bond acceptors (Lipinski definition) is 9. The number of amides is 1. The first kappa shape index (κ1) is 25.9. The van der Waals surface area contributed by atoms with E-state index in [0.29, 0.717) is 42.6 Å². The summed E-state index contributed by atoms with van der Waals surface area (Å²) in [7, 11) is 1.60. The molecule has 38 heavy (non-hydrogen) atoms. The van der Waals surface area contributed by atoms with Crippen LogP contribution in [-0.4, -0.2) is 94.0 Å². The van der Waals surface area contributed by atoms with Gasteiger partial charge in [0.2, 0.25) is 5.88 Å². The van der Waals surface area contributed by atoms with Gasteiger partial charge in [-0.25, -0.2) is 9.78 Å². The molecule has 4 aliphatic rings. The summed E-state index contributed by atoms with van der Waals surface area (Å²) < 4.78 is 18.3. The normalized spacial score (nSPS) is 24.7. The molecule has 11 heteroatoms. The zero-order chi connectivity index (χ0) is 26.7. The molecular weight excluding hydrogens is 552 g/mol. The van der Waals surface area contributed by atoms with Gasteiger partial charge in [0.25, 0.3) is 0 Å². The molecule has 2 aromatic heterocycles. The van der Waals surface area contributed by atoms with Crippen LogP contribution in [0.5, 0.6) is 11.9 Å². The van der Waals surface area contributed by atoms with Gasteiger partial charge < -0.3 is 19.1 Å². The van der Waals surface area contributed by atoms with E-state index in [1.807, 2.05) is 31.7 Å². The molecule has 0 saturated carbocycles. The van der Waals surface area contributed by atoms with Crippen LogP contribution in [-0.2, 0) is 4.74 Å². The Bertz CT molecular complexity index is 1210. The van der Waals surface area contributed by atoms with E-state index in [0.717, 1.165) is 49.1 Å². The summed E-state index contributed by atoms with van der Waals surface area (Å²) in [4.78, 5) is 34.2. The summed E-state index contributed by atoms with van der Waals surface area (Å²) in [6.07, 6.45) is 6.40. The molecule has 2 atom stereocenters. The quantitative estimate of drug-likeness (QED) is 0.504. The first-order chi connectivity index (χ1) is 18.2. The van der Waals surface area contributed by atoms with Crippen molar-refractivity contribution in [1.82, 2.24) is 24.8 Å². The summed E-state index contributed by atoms with van der Waals surface area (Å²) >= 11 is 3.56. The van der Waals surface area contributed by atoms with E-state index in [4.69, 9.17) is 29.2 Å². The van der Waals surface area contributed by atoms with Crippen LogP contribution in [0.3, 0.4) is 0 Å². The van der Waals surface area contributed by atoms with Crippen molar-refractivity contribution in [3.8, 4) is 11.9 Å². The molecule has 206 valence electrons.